The van der Waals surface area contributed by atoms with E-state index >= 15 is 0 Å². The van der Waals surface area contributed by atoms with E-state index < -0.39 is 38.6 Å². The van der Waals surface area contributed by atoms with Crippen molar-refractivity contribution in [3.63, 3.8) is 0 Å². The number of rotatable bonds is 5. The molecule has 1 saturated carbocycles. The van der Waals surface area contributed by atoms with Crippen LogP contribution in [0.2, 0.25) is 0 Å². The maximum Gasteiger partial charge on any atom is 0.313 e. The number of aliphatic hydroxyl groups is 1. The van der Waals surface area contributed by atoms with Gasteiger partial charge in [0.25, 0.3) is 0 Å². The van der Waals surface area contributed by atoms with Crippen molar-refractivity contribution in [3.8, 4) is 0 Å². The van der Waals surface area contributed by atoms with E-state index in [4.69, 9.17) is 0 Å². The molecule has 3 rings (SSSR count). The van der Waals surface area contributed by atoms with Crippen LogP contribution in [0.5, 0.6) is 0 Å². The fourth-order valence-electron chi connectivity index (χ4n) is 3.31. The molecule has 1 aromatic rings. The van der Waals surface area contributed by atoms with Gasteiger partial charge in [-0.05, 0) is 43.4 Å². The van der Waals surface area contributed by atoms with E-state index in [1.165, 1.54) is 22.5 Å². The van der Waals surface area contributed by atoms with Crippen molar-refractivity contribution in [2.24, 2.45) is 5.41 Å². The number of carboxylic acid groups (broad SMARTS) is 1. The van der Waals surface area contributed by atoms with Gasteiger partial charge in [0.15, 0.2) is 0 Å². The molecule has 1 saturated heterocycles. The molecular formula is C16H20FNO5S. The fourth-order valence-corrected chi connectivity index (χ4v) is 5.23. The number of benzene rings is 1. The summed E-state index contributed by atoms with van der Waals surface area (Å²) in [5.74, 6) is -1.77. The molecular weight excluding hydrogens is 337 g/mol. The lowest BCUT2D eigenvalue weighted by molar-refractivity contribution is -0.160. The van der Waals surface area contributed by atoms with Crippen LogP contribution in [0.3, 0.4) is 0 Å². The summed E-state index contributed by atoms with van der Waals surface area (Å²) >= 11 is 0. The van der Waals surface area contributed by atoms with Gasteiger partial charge in [-0.3, -0.25) is 4.79 Å². The second kappa shape index (κ2) is 6.09. The number of hydrogen-bond acceptors (Lipinski definition) is 4. The third-order valence-corrected chi connectivity index (χ3v) is 7.23. The van der Waals surface area contributed by atoms with Gasteiger partial charge in [0.2, 0.25) is 10.0 Å². The van der Waals surface area contributed by atoms with E-state index in [0.717, 1.165) is 0 Å². The van der Waals surface area contributed by atoms with Gasteiger partial charge in [0.05, 0.1) is 11.4 Å². The monoisotopic (exact) mass is 357 g/mol. The molecule has 2 N–H and O–H groups in total. The molecule has 132 valence electrons. The molecule has 2 aliphatic rings. The van der Waals surface area contributed by atoms with E-state index in [9.17, 15) is 27.8 Å². The van der Waals surface area contributed by atoms with Crippen molar-refractivity contribution >= 4 is 16.0 Å². The minimum absolute atomic E-state index is 0.0492. The summed E-state index contributed by atoms with van der Waals surface area (Å²) in [6.07, 6.45) is -0.0914. The normalized spacial score (nSPS) is 28.7. The van der Waals surface area contributed by atoms with E-state index in [1.54, 1.807) is 6.07 Å². The first-order chi connectivity index (χ1) is 11.3. The second-order valence-corrected chi connectivity index (χ2v) is 8.86. The third kappa shape index (κ3) is 3.05. The standard InChI is InChI=1S/C16H20FNO5S/c17-12-3-1-2-11(8-12)9-16(15(20)21)10-18(7-6-14(16)19)24(22,23)13-4-5-13/h1-3,8,13-14,19H,4-7,9-10H2,(H,20,21)/t14-,16+/m0/s1. The number of carboxylic acids is 1. The summed E-state index contributed by atoms with van der Waals surface area (Å²) in [5.41, 5.74) is -1.25. The van der Waals surface area contributed by atoms with Crippen LogP contribution < -0.4 is 0 Å². The first-order valence-electron chi connectivity index (χ1n) is 7.90. The molecule has 0 unspecified atom stereocenters. The largest absolute Gasteiger partial charge is 0.481 e. The van der Waals surface area contributed by atoms with Gasteiger partial charge in [-0.25, -0.2) is 17.1 Å². The molecule has 1 aromatic carbocycles. The zero-order valence-corrected chi connectivity index (χ0v) is 13.9. The van der Waals surface area contributed by atoms with Crippen molar-refractivity contribution in [2.45, 2.75) is 37.0 Å². The van der Waals surface area contributed by atoms with Crippen LogP contribution >= 0.6 is 0 Å². The number of hydrogen-bond donors (Lipinski definition) is 2. The molecule has 1 aliphatic carbocycles. The molecule has 0 amide bonds. The molecule has 24 heavy (non-hydrogen) atoms. The van der Waals surface area contributed by atoms with E-state index in [1.807, 2.05) is 0 Å². The maximum atomic E-state index is 13.4. The summed E-state index contributed by atoms with van der Waals surface area (Å²) in [4.78, 5) is 12.0. The second-order valence-electron chi connectivity index (χ2n) is 6.65. The highest BCUT2D eigenvalue weighted by Gasteiger charge is 2.53. The van der Waals surface area contributed by atoms with E-state index in [0.29, 0.717) is 18.4 Å². The summed E-state index contributed by atoms with van der Waals surface area (Å²) in [5, 5.41) is 19.7. The highest BCUT2D eigenvalue weighted by Crippen LogP contribution is 2.39. The molecule has 0 spiro atoms. The molecule has 1 heterocycles. The zero-order chi connectivity index (χ0) is 17.5. The minimum Gasteiger partial charge on any atom is -0.481 e. The molecule has 0 aromatic heterocycles. The number of aliphatic carboxylic acids is 1. The van der Waals surface area contributed by atoms with Gasteiger partial charge in [0.1, 0.15) is 11.2 Å². The smallest absolute Gasteiger partial charge is 0.313 e. The molecule has 6 nitrogen and oxygen atoms in total. The van der Waals surface area contributed by atoms with Crippen molar-refractivity contribution in [1.82, 2.24) is 4.31 Å². The Morgan fingerprint density at radius 1 is 1.33 bits per heavy atom. The average molecular weight is 357 g/mol. The summed E-state index contributed by atoms with van der Waals surface area (Å²) in [6, 6.07) is 5.51. The van der Waals surface area contributed by atoms with E-state index in [2.05, 4.69) is 0 Å². The zero-order valence-electron chi connectivity index (χ0n) is 13.1. The predicted octanol–water partition coefficient (Wildman–Crippen LogP) is 0.998. The van der Waals surface area contributed by atoms with Crippen molar-refractivity contribution in [3.05, 3.63) is 35.6 Å². The van der Waals surface area contributed by atoms with Crippen LogP contribution in [0.1, 0.15) is 24.8 Å². The number of sulfonamides is 1. The molecule has 2 atom stereocenters. The lowest BCUT2D eigenvalue weighted by Crippen LogP contribution is -2.58. The minimum atomic E-state index is -3.53. The predicted molar refractivity (Wildman–Crippen MR) is 84.3 cm³/mol. The summed E-state index contributed by atoms with van der Waals surface area (Å²) in [7, 11) is -3.53. The van der Waals surface area contributed by atoms with Crippen LogP contribution in [-0.2, 0) is 21.2 Å². The van der Waals surface area contributed by atoms with Gasteiger partial charge in [-0.2, -0.15) is 0 Å². The van der Waals surface area contributed by atoms with Crippen LogP contribution in [0.4, 0.5) is 4.39 Å². The quantitative estimate of drug-likeness (QED) is 0.820. The van der Waals surface area contributed by atoms with Crippen molar-refractivity contribution in [2.75, 3.05) is 13.1 Å². The Hall–Kier alpha value is -1.51. The van der Waals surface area contributed by atoms with Crippen LogP contribution in [0, 0.1) is 11.2 Å². The van der Waals surface area contributed by atoms with E-state index in [-0.39, 0.29) is 25.9 Å². The maximum absolute atomic E-state index is 13.4. The Morgan fingerprint density at radius 3 is 2.62 bits per heavy atom. The van der Waals surface area contributed by atoms with Gasteiger partial charge in [-0.15, -0.1) is 0 Å². The van der Waals surface area contributed by atoms with Gasteiger partial charge >= 0.3 is 5.97 Å². The van der Waals surface area contributed by atoms with Crippen LogP contribution in [0.15, 0.2) is 24.3 Å². The highest BCUT2D eigenvalue weighted by molar-refractivity contribution is 7.90. The fraction of sp³-hybridized carbons (Fsp3) is 0.562. The summed E-state index contributed by atoms with van der Waals surface area (Å²) < 4.78 is 39.5. The number of halogens is 1. The van der Waals surface area contributed by atoms with Gasteiger partial charge < -0.3 is 10.2 Å². The Morgan fingerprint density at radius 2 is 2.04 bits per heavy atom. The first kappa shape index (κ1) is 17.3. The number of nitrogens with zero attached hydrogens (tertiary/aromatic N) is 1. The van der Waals surface area contributed by atoms with Crippen molar-refractivity contribution < 1.29 is 27.8 Å². The SMILES string of the molecule is O=C(O)[C@]1(Cc2cccc(F)c2)CN(S(=O)(=O)C2CC2)CC[C@@H]1O. The van der Waals surface area contributed by atoms with Gasteiger partial charge in [-0.1, -0.05) is 12.1 Å². The summed E-state index contributed by atoms with van der Waals surface area (Å²) in [6.45, 7) is -0.184. The molecule has 2 fully saturated rings. The number of aliphatic hydroxyl groups excluding tert-OH is 1. The van der Waals surface area contributed by atoms with Crippen LogP contribution in [0.25, 0.3) is 0 Å². The first-order valence-corrected chi connectivity index (χ1v) is 9.41. The molecule has 0 bridgehead atoms. The Balaban J connectivity index is 1.92. The Labute approximate surface area is 140 Å². The third-order valence-electron chi connectivity index (χ3n) is 4.89. The number of piperidine rings is 1. The lowest BCUT2D eigenvalue weighted by atomic mass is 9.73. The highest BCUT2D eigenvalue weighted by atomic mass is 32.2. The molecule has 8 heteroatoms. The lowest BCUT2D eigenvalue weighted by Gasteiger charge is -2.42. The van der Waals surface area contributed by atoms with Gasteiger partial charge in [0, 0.05) is 13.1 Å². The average Bonchev–Trinajstić information content (AvgIpc) is 3.34. The topological polar surface area (TPSA) is 94.9 Å². The Kier molecular flexibility index (Phi) is 4.39. The van der Waals surface area contributed by atoms with Crippen LogP contribution in [-0.4, -0.2) is 53.3 Å². The molecule has 0 radical (unpaired) electrons. The Bertz CT molecular complexity index is 749. The van der Waals surface area contributed by atoms with Crippen molar-refractivity contribution in [1.29, 1.82) is 0 Å². The molecule has 1 aliphatic heterocycles. The number of carbonyl (C=O) groups is 1.